The van der Waals surface area contributed by atoms with Crippen molar-refractivity contribution in [2.24, 2.45) is 27.3 Å². The predicted molar refractivity (Wildman–Crippen MR) is 123 cm³/mol. The van der Waals surface area contributed by atoms with E-state index in [4.69, 9.17) is 4.74 Å². The van der Waals surface area contributed by atoms with Gasteiger partial charge in [0.2, 0.25) is 5.91 Å². The summed E-state index contributed by atoms with van der Waals surface area (Å²) in [5.41, 5.74) is 5.26. The van der Waals surface area contributed by atoms with Crippen molar-refractivity contribution in [1.29, 1.82) is 0 Å². The summed E-state index contributed by atoms with van der Waals surface area (Å²) < 4.78 is 6.00. The number of hydrazone groups is 1. The second-order valence-corrected chi connectivity index (χ2v) is 10.9. The summed E-state index contributed by atoms with van der Waals surface area (Å²) in [5, 5.41) is 4.36. The Labute approximate surface area is 185 Å². The first-order chi connectivity index (χ1) is 14.9. The first-order valence-electron chi connectivity index (χ1n) is 11.5. The van der Waals surface area contributed by atoms with Crippen LogP contribution in [0.15, 0.2) is 59.7 Å². The maximum Gasteiger partial charge on any atom is 0.246 e. The quantitative estimate of drug-likeness (QED) is 0.484. The van der Waals surface area contributed by atoms with Crippen LogP contribution in [0.1, 0.15) is 63.5 Å². The third-order valence-electron chi connectivity index (χ3n) is 7.63. The summed E-state index contributed by atoms with van der Waals surface area (Å²) in [6.45, 7) is 5.28. The van der Waals surface area contributed by atoms with E-state index in [1.165, 1.54) is 19.3 Å². The van der Waals surface area contributed by atoms with Crippen molar-refractivity contribution in [3.8, 4) is 5.75 Å². The average Bonchev–Trinajstić information content (AvgIpc) is 2.71. The van der Waals surface area contributed by atoms with Gasteiger partial charge in [0.05, 0.1) is 11.6 Å². The van der Waals surface area contributed by atoms with Crippen molar-refractivity contribution in [3.63, 3.8) is 0 Å². The minimum atomic E-state index is -0.246. The van der Waals surface area contributed by atoms with E-state index in [-0.39, 0.29) is 11.3 Å². The Bertz CT molecular complexity index is 981. The molecule has 4 bridgehead atoms. The number of nitrogens with zero attached hydrogens (tertiary/aromatic N) is 1. The van der Waals surface area contributed by atoms with Crippen LogP contribution in [0.4, 0.5) is 0 Å². The van der Waals surface area contributed by atoms with Crippen LogP contribution < -0.4 is 10.2 Å². The van der Waals surface area contributed by atoms with Crippen LogP contribution in [0.5, 0.6) is 5.75 Å². The van der Waals surface area contributed by atoms with Gasteiger partial charge in [0.15, 0.2) is 0 Å². The van der Waals surface area contributed by atoms with Gasteiger partial charge in [0.1, 0.15) is 12.4 Å². The standard InChI is InChI=1S/C27H32N2O2/c1-25-12-21-13-26(2,17-25)19-27(14-21,18-25)24(30)29-28-15-22-10-6-7-11-23(22)31-16-20-8-4-3-5-9-20/h3-11,15,21H,12-14,16-19H2,1-2H3,(H,29,30)/b28-15+. The van der Waals surface area contributed by atoms with Gasteiger partial charge in [-0.05, 0) is 73.0 Å². The van der Waals surface area contributed by atoms with Gasteiger partial charge in [0.25, 0.3) is 0 Å². The number of carbonyl (C=O) groups excluding carboxylic acids is 1. The van der Waals surface area contributed by atoms with E-state index in [0.717, 1.165) is 36.1 Å². The van der Waals surface area contributed by atoms with Crippen LogP contribution in [0.3, 0.4) is 0 Å². The molecule has 162 valence electrons. The molecule has 2 atom stereocenters. The van der Waals surface area contributed by atoms with E-state index in [9.17, 15) is 4.79 Å². The molecule has 1 amide bonds. The van der Waals surface area contributed by atoms with Gasteiger partial charge in [-0.15, -0.1) is 0 Å². The van der Waals surface area contributed by atoms with Crippen molar-refractivity contribution in [2.75, 3.05) is 0 Å². The molecular formula is C27H32N2O2. The van der Waals surface area contributed by atoms with Crippen molar-refractivity contribution < 1.29 is 9.53 Å². The van der Waals surface area contributed by atoms with E-state index in [0.29, 0.717) is 23.4 Å². The minimum Gasteiger partial charge on any atom is -0.488 e. The van der Waals surface area contributed by atoms with E-state index in [1.54, 1.807) is 6.21 Å². The van der Waals surface area contributed by atoms with Gasteiger partial charge in [-0.25, -0.2) is 5.43 Å². The highest BCUT2D eigenvalue weighted by atomic mass is 16.5. The zero-order chi connectivity index (χ0) is 21.5. The number of hydrogen-bond acceptors (Lipinski definition) is 3. The van der Waals surface area contributed by atoms with Gasteiger partial charge in [-0.3, -0.25) is 4.79 Å². The lowest BCUT2D eigenvalue weighted by molar-refractivity contribution is -0.170. The van der Waals surface area contributed by atoms with Gasteiger partial charge < -0.3 is 4.74 Å². The molecule has 0 saturated heterocycles. The van der Waals surface area contributed by atoms with E-state index in [2.05, 4.69) is 24.4 Å². The van der Waals surface area contributed by atoms with E-state index in [1.807, 2.05) is 54.6 Å². The highest BCUT2D eigenvalue weighted by Gasteiger charge is 2.62. The minimum absolute atomic E-state index is 0.105. The van der Waals surface area contributed by atoms with Crippen LogP contribution >= 0.6 is 0 Å². The SMILES string of the molecule is CC12CC3CC(C)(C1)CC(C(=O)N/N=C/c1ccccc1OCc1ccccc1)(C3)C2. The van der Waals surface area contributed by atoms with Crippen molar-refractivity contribution in [3.05, 3.63) is 65.7 Å². The largest absolute Gasteiger partial charge is 0.488 e. The molecule has 6 rings (SSSR count). The van der Waals surface area contributed by atoms with Crippen molar-refractivity contribution in [2.45, 2.75) is 59.0 Å². The fourth-order valence-corrected chi connectivity index (χ4v) is 7.43. The third kappa shape index (κ3) is 4.00. The smallest absolute Gasteiger partial charge is 0.246 e. The Kier molecular flexibility index (Phi) is 4.91. The highest BCUT2D eigenvalue weighted by Crippen LogP contribution is 2.69. The lowest BCUT2D eigenvalue weighted by Crippen LogP contribution is -2.59. The van der Waals surface area contributed by atoms with E-state index >= 15 is 0 Å². The Morgan fingerprint density at radius 2 is 1.68 bits per heavy atom. The topological polar surface area (TPSA) is 50.7 Å². The second-order valence-electron chi connectivity index (χ2n) is 10.9. The Morgan fingerprint density at radius 1 is 1.00 bits per heavy atom. The zero-order valence-corrected chi connectivity index (χ0v) is 18.6. The normalized spacial score (nSPS) is 33.5. The first-order valence-corrected chi connectivity index (χ1v) is 11.5. The molecule has 4 saturated carbocycles. The number of para-hydroxylation sites is 1. The number of carbonyl (C=O) groups is 1. The summed E-state index contributed by atoms with van der Waals surface area (Å²) in [5.74, 6) is 1.56. The molecular weight excluding hydrogens is 384 g/mol. The molecule has 0 spiro atoms. The van der Waals surface area contributed by atoms with Gasteiger partial charge in [-0.1, -0.05) is 56.3 Å². The van der Waals surface area contributed by atoms with Crippen LogP contribution in [0, 0.1) is 22.2 Å². The molecule has 4 heteroatoms. The van der Waals surface area contributed by atoms with Gasteiger partial charge >= 0.3 is 0 Å². The predicted octanol–water partition coefficient (Wildman–Crippen LogP) is 5.71. The Hall–Kier alpha value is -2.62. The molecule has 4 aliphatic carbocycles. The number of rotatable bonds is 6. The Morgan fingerprint density at radius 3 is 2.39 bits per heavy atom. The lowest BCUT2D eigenvalue weighted by Gasteiger charge is -2.64. The molecule has 2 aromatic carbocycles. The molecule has 1 N–H and O–H groups in total. The molecule has 0 aromatic heterocycles. The van der Waals surface area contributed by atoms with Crippen LogP contribution in [-0.4, -0.2) is 12.1 Å². The molecule has 31 heavy (non-hydrogen) atoms. The fourth-order valence-electron chi connectivity index (χ4n) is 7.43. The number of ether oxygens (including phenoxy) is 1. The fraction of sp³-hybridized carbons (Fsp3) is 0.481. The zero-order valence-electron chi connectivity index (χ0n) is 18.6. The maximum atomic E-state index is 13.3. The van der Waals surface area contributed by atoms with E-state index < -0.39 is 0 Å². The molecule has 0 heterocycles. The monoisotopic (exact) mass is 416 g/mol. The first kappa shape index (κ1) is 20.3. The molecule has 4 nitrogen and oxygen atoms in total. The van der Waals surface area contributed by atoms with Crippen molar-refractivity contribution in [1.82, 2.24) is 5.43 Å². The lowest BCUT2D eigenvalue weighted by atomic mass is 9.40. The Balaban J connectivity index is 1.26. The van der Waals surface area contributed by atoms with Gasteiger partial charge in [0, 0.05) is 5.56 Å². The molecule has 4 fully saturated rings. The van der Waals surface area contributed by atoms with Crippen LogP contribution in [-0.2, 0) is 11.4 Å². The molecule has 4 aliphatic rings. The summed E-state index contributed by atoms with van der Waals surface area (Å²) in [7, 11) is 0. The molecule has 0 aliphatic heterocycles. The van der Waals surface area contributed by atoms with Crippen molar-refractivity contribution >= 4 is 12.1 Å². The average molecular weight is 417 g/mol. The summed E-state index contributed by atoms with van der Waals surface area (Å²) >= 11 is 0. The summed E-state index contributed by atoms with van der Waals surface area (Å²) in [6.07, 6.45) is 8.58. The third-order valence-corrected chi connectivity index (χ3v) is 7.63. The highest BCUT2D eigenvalue weighted by molar-refractivity contribution is 5.87. The summed E-state index contributed by atoms with van der Waals surface area (Å²) in [4.78, 5) is 13.3. The van der Waals surface area contributed by atoms with Gasteiger partial charge in [-0.2, -0.15) is 5.10 Å². The molecule has 0 radical (unpaired) electrons. The maximum absolute atomic E-state index is 13.3. The number of hydrogen-bond donors (Lipinski definition) is 1. The number of benzene rings is 2. The number of amides is 1. The number of nitrogens with one attached hydrogen (secondary N) is 1. The van der Waals surface area contributed by atoms with Crippen LogP contribution in [0.2, 0.25) is 0 Å². The molecule has 2 unspecified atom stereocenters. The second kappa shape index (κ2) is 7.51. The summed E-state index contributed by atoms with van der Waals surface area (Å²) in [6, 6.07) is 17.9. The van der Waals surface area contributed by atoms with Crippen LogP contribution in [0.25, 0.3) is 0 Å². The molecule has 2 aromatic rings.